The van der Waals surface area contributed by atoms with E-state index in [0.29, 0.717) is 6.61 Å². The van der Waals surface area contributed by atoms with E-state index in [4.69, 9.17) is 4.74 Å². The SMILES string of the molecule is CCOC(=O)CS(=O)(=O)CC1CO1. The summed E-state index contributed by atoms with van der Waals surface area (Å²) < 4.78 is 31.6. The summed E-state index contributed by atoms with van der Waals surface area (Å²) in [6.07, 6.45) is -0.209. The van der Waals surface area contributed by atoms with Crippen LogP contribution in [0.2, 0.25) is 0 Å². The van der Waals surface area contributed by atoms with Crippen molar-refractivity contribution in [3.8, 4) is 0 Å². The van der Waals surface area contributed by atoms with E-state index in [1.165, 1.54) is 0 Å². The Labute approximate surface area is 76.9 Å². The van der Waals surface area contributed by atoms with Gasteiger partial charge in [0, 0.05) is 0 Å². The summed E-state index contributed by atoms with van der Waals surface area (Å²) >= 11 is 0. The van der Waals surface area contributed by atoms with Gasteiger partial charge in [0.25, 0.3) is 0 Å². The summed E-state index contributed by atoms with van der Waals surface area (Å²) in [5.74, 6) is -1.31. The van der Waals surface area contributed by atoms with Crippen LogP contribution in [-0.2, 0) is 24.1 Å². The lowest BCUT2D eigenvalue weighted by Crippen LogP contribution is -2.23. The van der Waals surface area contributed by atoms with Crippen molar-refractivity contribution < 1.29 is 22.7 Å². The first-order valence-electron chi connectivity index (χ1n) is 4.01. The molecule has 1 unspecified atom stereocenters. The third kappa shape index (κ3) is 4.23. The zero-order valence-electron chi connectivity index (χ0n) is 7.36. The molecule has 0 spiro atoms. The number of rotatable bonds is 5. The molecule has 1 atom stereocenters. The Balaban J connectivity index is 2.36. The normalized spacial score (nSPS) is 21.2. The van der Waals surface area contributed by atoms with Crippen LogP contribution in [0.15, 0.2) is 0 Å². The molecule has 5 nitrogen and oxygen atoms in total. The van der Waals surface area contributed by atoms with Crippen LogP contribution in [0.25, 0.3) is 0 Å². The van der Waals surface area contributed by atoms with E-state index in [9.17, 15) is 13.2 Å². The number of hydrogen-bond donors (Lipinski definition) is 0. The van der Waals surface area contributed by atoms with Crippen molar-refractivity contribution in [3.05, 3.63) is 0 Å². The van der Waals surface area contributed by atoms with Crippen molar-refractivity contribution in [2.45, 2.75) is 13.0 Å². The largest absolute Gasteiger partial charge is 0.465 e. The molecule has 1 saturated heterocycles. The van der Waals surface area contributed by atoms with Crippen molar-refractivity contribution in [2.24, 2.45) is 0 Å². The maximum Gasteiger partial charge on any atom is 0.321 e. The first kappa shape index (κ1) is 10.5. The average Bonchev–Trinajstić information content (AvgIpc) is 2.69. The Hall–Kier alpha value is -0.620. The third-order valence-electron chi connectivity index (χ3n) is 1.49. The second-order valence-electron chi connectivity index (χ2n) is 2.81. The lowest BCUT2D eigenvalue weighted by molar-refractivity contribution is -0.139. The van der Waals surface area contributed by atoms with Gasteiger partial charge in [-0.3, -0.25) is 4.79 Å². The molecular weight excluding hydrogens is 196 g/mol. The predicted molar refractivity (Wildman–Crippen MR) is 45.0 cm³/mol. The molecule has 0 amide bonds. The van der Waals surface area contributed by atoms with Gasteiger partial charge in [0.05, 0.1) is 25.1 Å². The van der Waals surface area contributed by atoms with Crippen molar-refractivity contribution in [1.82, 2.24) is 0 Å². The first-order chi connectivity index (χ1) is 6.03. The molecule has 0 N–H and O–H groups in total. The highest BCUT2D eigenvalue weighted by Gasteiger charge is 2.30. The fraction of sp³-hybridized carbons (Fsp3) is 0.857. The van der Waals surface area contributed by atoms with Crippen LogP contribution in [0.4, 0.5) is 0 Å². The van der Waals surface area contributed by atoms with Gasteiger partial charge >= 0.3 is 5.97 Å². The van der Waals surface area contributed by atoms with E-state index in [2.05, 4.69) is 4.74 Å². The molecule has 0 radical (unpaired) electrons. The van der Waals surface area contributed by atoms with Crippen LogP contribution in [0, 0.1) is 0 Å². The Morgan fingerprint density at radius 2 is 2.23 bits per heavy atom. The van der Waals surface area contributed by atoms with Crippen LogP contribution >= 0.6 is 0 Å². The maximum absolute atomic E-state index is 11.2. The first-order valence-corrected chi connectivity index (χ1v) is 5.83. The summed E-state index contributed by atoms with van der Waals surface area (Å²) in [7, 11) is -3.34. The number of ether oxygens (including phenoxy) is 2. The van der Waals surface area contributed by atoms with Gasteiger partial charge in [-0.25, -0.2) is 8.42 Å². The van der Waals surface area contributed by atoms with E-state index in [1.54, 1.807) is 6.92 Å². The molecule has 76 valence electrons. The van der Waals surface area contributed by atoms with E-state index >= 15 is 0 Å². The van der Waals surface area contributed by atoms with Crippen LogP contribution in [-0.4, -0.2) is 45.2 Å². The number of hydrogen-bond acceptors (Lipinski definition) is 5. The van der Waals surface area contributed by atoms with E-state index in [0.717, 1.165) is 0 Å². The van der Waals surface area contributed by atoms with Gasteiger partial charge in [-0.05, 0) is 6.92 Å². The Kier molecular flexibility index (Phi) is 3.27. The highest BCUT2D eigenvalue weighted by molar-refractivity contribution is 7.92. The van der Waals surface area contributed by atoms with Gasteiger partial charge in [0.2, 0.25) is 0 Å². The highest BCUT2D eigenvalue weighted by atomic mass is 32.2. The molecule has 1 aliphatic rings. The van der Waals surface area contributed by atoms with Gasteiger partial charge in [-0.15, -0.1) is 0 Å². The molecule has 1 fully saturated rings. The minimum Gasteiger partial charge on any atom is -0.465 e. The third-order valence-corrected chi connectivity index (χ3v) is 3.04. The number of esters is 1. The molecule has 0 saturated carbocycles. The Bertz CT molecular complexity index is 277. The fourth-order valence-electron chi connectivity index (χ4n) is 0.889. The second kappa shape index (κ2) is 4.06. The molecule has 1 heterocycles. The maximum atomic E-state index is 11.2. The minimum atomic E-state index is -3.34. The summed E-state index contributed by atoms with van der Waals surface area (Å²) in [6.45, 7) is 2.31. The van der Waals surface area contributed by atoms with E-state index in [-0.39, 0.29) is 18.5 Å². The van der Waals surface area contributed by atoms with E-state index in [1.807, 2.05) is 0 Å². The fourth-order valence-corrected chi connectivity index (χ4v) is 2.21. The van der Waals surface area contributed by atoms with Gasteiger partial charge in [0.1, 0.15) is 5.75 Å². The topological polar surface area (TPSA) is 73.0 Å². The molecule has 0 bridgehead atoms. The van der Waals surface area contributed by atoms with Crippen molar-refractivity contribution in [3.63, 3.8) is 0 Å². The van der Waals surface area contributed by atoms with Crippen molar-refractivity contribution in [2.75, 3.05) is 24.7 Å². The lowest BCUT2D eigenvalue weighted by atomic mass is 10.6. The molecule has 0 aromatic heterocycles. The number of carbonyl (C=O) groups excluding carboxylic acids is 1. The lowest BCUT2D eigenvalue weighted by Gasteiger charge is -2.01. The van der Waals surface area contributed by atoms with Gasteiger partial charge in [-0.1, -0.05) is 0 Å². The molecule has 6 heteroatoms. The van der Waals surface area contributed by atoms with Crippen molar-refractivity contribution in [1.29, 1.82) is 0 Å². The minimum absolute atomic E-state index is 0.0776. The zero-order valence-corrected chi connectivity index (χ0v) is 8.17. The second-order valence-corrected chi connectivity index (χ2v) is 4.92. The number of carbonyl (C=O) groups is 1. The van der Waals surface area contributed by atoms with Crippen LogP contribution < -0.4 is 0 Å². The van der Waals surface area contributed by atoms with Crippen LogP contribution in [0.1, 0.15) is 6.92 Å². The summed E-state index contributed by atoms with van der Waals surface area (Å²) in [5.41, 5.74) is 0. The Morgan fingerprint density at radius 1 is 1.62 bits per heavy atom. The van der Waals surface area contributed by atoms with Crippen molar-refractivity contribution >= 4 is 15.8 Å². The highest BCUT2D eigenvalue weighted by Crippen LogP contribution is 2.12. The summed E-state index contributed by atoms with van der Waals surface area (Å²) in [5, 5.41) is 0. The standard InChI is InChI=1S/C7H12O5S/c1-2-11-7(8)5-13(9,10)4-6-3-12-6/h6H,2-5H2,1H3. The average molecular weight is 208 g/mol. The summed E-state index contributed by atoms with van der Waals surface area (Å²) in [6, 6.07) is 0. The number of epoxide rings is 1. The smallest absolute Gasteiger partial charge is 0.321 e. The van der Waals surface area contributed by atoms with E-state index < -0.39 is 21.6 Å². The molecule has 1 rings (SSSR count). The quantitative estimate of drug-likeness (QED) is 0.444. The molecule has 0 aromatic rings. The molecule has 0 aliphatic carbocycles. The van der Waals surface area contributed by atoms with Gasteiger partial charge in [-0.2, -0.15) is 0 Å². The predicted octanol–water partition coefficient (Wildman–Crippen LogP) is -0.637. The molecule has 0 aromatic carbocycles. The number of sulfone groups is 1. The molecular formula is C7H12O5S. The zero-order chi connectivity index (χ0) is 9.90. The Morgan fingerprint density at radius 3 is 2.69 bits per heavy atom. The molecule has 13 heavy (non-hydrogen) atoms. The van der Waals surface area contributed by atoms with Crippen LogP contribution in [0.5, 0.6) is 0 Å². The van der Waals surface area contributed by atoms with Gasteiger partial charge < -0.3 is 9.47 Å². The van der Waals surface area contributed by atoms with Gasteiger partial charge in [0.15, 0.2) is 9.84 Å². The summed E-state index contributed by atoms with van der Waals surface area (Å²) in [4.78, 5) is 10.8. The monoisotopic (exact) mass is 208 g/mol. The van der Waals surface area contributed by atoms with Crippen LogP contribution in [0.3, 0.4) is 0 Å². The molecule has 1 aliphatic heterocycles.